The third kappa shape index (κ3) is 8.43. The minimum Gasteiger partial charge on any atom is -0.329 e. The van der Waals surface area contributed by atoms with Crippen LogP contribution in [0.5, 0.6) is 0 Å². The Labute approximate surface area is 78.7 Å². The second-order valence-electron chi connectivity index (χ2n) is 2.80. The van der Waals surface area contributed by atoms with Gasteiger partial charge in [0, 0.05) is 12.8 Å². The van der Waals surface area contributed by atoms with Gasteiger partial charge < -0.3 is 4.52 Å². The summed E-state index contributed by atoms with van der Waals surface area (Å²) in [5, 5.41) is 0. The minimum atomic E-state index is -3.94. The molecule has 0 aromatic heterocycles. The summed E-state index contributed by atoms with van der Waals surface area (Å²) in [6.45, 7) is 3.53. The van der Waals surface area contributed by atoms with E-state index in [0.29, 0.717) is 6.61 Å². The Bertz CT molecular complexity index is 283. The molecule has 0 aliphatic rings. The van der Waals surface area contributed by atoms with Crippen molar-refractivity contribution in [3.63, 3.8) is 0 Å². The Morgan fingerprint density at radius 3 is 2.38 bits per heavy atom. The summed E-state index contributed by atoms with van der Waals surface area (Å²) in [6, 6.07) is 0. The molecular formula is C6H15O5PS. The normalized spacial score (nSPS) is 16.8. The highest BCUT2D eigenvalue weighted by Crippen LogP contribution is 2.42. The molecule has 0 aromatic carbocycles. The summed E-state index contributed by atoms with van der Waals surface area (Å²) in [5.41, 5.74) is 0. The summed E-state index contributed by atoms with van der Waals surface area (Å²) >= 11 is 0. The lowest BCUT2D eigenvalue weighted by Crippen LogP contribution is -2.06. The maximum absolute atomic E-state index is 11.4. The lowest BCUT2D eigenvalue weighted by Gasteiger charge is -2.11. The first kappa shape index (κ1) is 13.1. The highest BCUT2D eigenvalue weighted by atomic mass is 32.2. The Kier molecular flexibility index (Phi) is 5.14. The Morgan fingerprint density at radius 2 is 2.00 bits per heavy atom. The topological polar surface area (TPSA) is 80.7 Å². The molecule has 13 heavy (non-hydrogen) atoms. The lowest BCUT2D eigenvalue weighted by molar-refractivity contribution is 0.337. The maximum atomic E-state index is 11.4. The molecule has 80 valence electrons. The van der Waals surface area contributed by atoms with Gasteiger partial charge in [0.15, 0.2) is 7.37 Å². The van der Waals surface area contributed by atoms with E-state index in [9.17, 15) is 13.0 Å². The van der Waals surface area contributed by atoms with Crippen molar-refractivity contribution in [2.75, 3.05) is 25.2 Å². The fourth-order valence-corrected chi connectivity index (χ4v) is 3.00. The van der Waals surface area contributed by atoms with E-state index >= 15 is 0 Å². The van der Waals surface area contributed by atoms with Gasteiger partial charge in [0.05, 0.1) is 12.4 Å². The molecule has 7 heteroatoms. The van der Waals surface area contributed by atoms with Gasteiger partial charge in [-0.1, -0.05) is 0 Å². The standard InChI is InChI=1S/C6H15O5PS/c1-3-11-12(2,7)5-4-6-13(8,9)10/h3-6H2,1-2H3,(H,8,9,10). The molecule has 0 aromatic rings. The van der Waals surface area contributed by atoms with Crippen molar-refractivity contribution in [1.29, 1.82) is 0 Å². The molecule has 0 radical (unpaired) electrons. The first-order chi connectivity index (χ1) is 5.77. The van der Waals surface area contributed by atoms with E-state index in [2.05, 4.69) is 0 Å². The van der Waals surface area contributed by atoms with Crippen LogP contribution < -0.4 is 0 Å². The summed E-state index contributed by atoms with van der Waals surface area (Å²) in [7, 11) is -6.59. The number of hydrogen-bond acceptors (Lipinski definition) is 4. The van der Waals surface area contributed by atoms with E-state index in [-0.39, 0.29) is 18.3 Å². The quantitative estimate of drug-likeness (QED) is 0.548. The van der Waals surface area contributed by atoms with E-state index in [0.717, 1.165) is 0 Å². The van der Waals surface area contributed by atoms with Gasteiger partial charge in [0.1, 0.15) is 0 Å². The van der Waals surface area contributed by atoms with Crippen LogP contribution in [0.2, 0.25) is 0 Å². The van der Waals surface area contributed by atoms with Crippen LogP contribution in [-0.4, -0.2) is 38.2 Å². The zero-order chi connectivity index (χ0) is 10.5. The highest BCUT2D eigenvalue weighted by Gasteiger charge is 2.16. The van der Waals surface area contributed by atoms with Crippen molar-refractivity contribution in [2.24, 2.45) is 0 Å². The molecule has 0 fully saturated rings. The van der Waals surface area contributed by atoms with Crippen molar-refractivity contribution in [1.82, 2.24) is 0 Å². The summed E-state index contributed by atoms with van der Waals surface area (Å²) < 4.78 is 45.3. The molecule has 1 unspecified atom stereocenters. The third-order valence-corrected chi connectivity index (χ3v) is 4.11. The zero-order valence-corrected chi connectivity index (χ0v) is 9.48. The summed E-state index contributed by atoms with van der Waals surface area (Å²) in [6.07, 6.45) is 0.341. The first-order valence-electron chi connectivity index (χ1n) is 3.93. The molecule has 0 bridgehead atoms. The van der Waals surface area contributed by atoms with Crippen LogP contribution in [0.25, 0.3) is 0 Å². The molecule has 0 spiro atoms. The first-order valence-corrected chi connectivity index (χ1v) is 7.80. The van der Waals surface area contributed by atoms with Gasteiger partial charge in [0.25, 0.3) is 10.1 Å². The van der Waals surface area contributed by atoms with E-state index in [1.54, 1.807) is 6.92 Å². The second-order valence-corrected chi connectivity index (χ2v) is 7.10. The van der Waals surface area contributed by atoms with E-state index < -0.39 is 17.5 Å². The van der Waals surface area contributed by atoms with Crippen LogP contribution in [0.3, 0.4) is 0 Å². The van der Waals surface area contributed by atoms with Crippen molar-refractivity contribution >= 4 is 17.5 Å². The monoisotopic (exact) mass is 230 g/mol. The molecule has 0 saturated carbocycles. The summed E-state index contributed by atoms with van der Waals surface area (Å²) in [5.74, 6) is -0.363. The third-order valence-electron chi connectivity index (χ3n) is 1.37. The highest BCUT2D eigenvalue weighted by molar-refractivity contribution is 7.85. The van der Waals surface area contributed by atoms with Gasteiger partial charge in [0.2, 0.25) is 0 Å². The summed E-state index contributed by atoms with van der Waals surface area (Å²) in [4.78, 5) is 0. The van der Waals surface area contributed by atoms with Crippen LogP contribution in [0.1, 0.15) is 13.3 Å². The van der Waals surface area contributed by atoms with Gasteiger partial charge >= 0.3 is 0 Å². The number of rotatable bonds is 6. The maximum Gasteiger partial charge on any atom is 0.264 e. The van der Waals surface area contributed by atoms with Crippen LogP contribution in [0.4, 0.5) is 0 Å². The van der Waals surface area contributed by atoms with Crippen molar-refractivity contribution in [3.05, 3.63) is 0 Å². The second kappa shape index (κ2) is 5.10. The zero-order valence-electron chi connectivity index (χ0n) is 7.76. The SMILES string of the molecule is CCOP(C)(=O)CCCS(=O)(=O)O. The molecule has 0 amide bonds. The molecule has 5 nitrogen and oxygen atoms in total. The number of hydrogen-bond donors (Lipinski definition) is 1. The van der Waals surface area contributed by atoms with E-state index in [1.807, 2.05) is 0 Å². The molecule has 1 atom stereocenters. The molecule has 0 rings (SSSR count). The average Bonchev–Trinajstić information content (AvgIpc) is 1.82. The molecule has 0 aliphatic heterocycles. The lowest BCUT2D eigenvalue weighted by atomic mass is 10.6. The fourth-order valence-electron chi connectivity index (χ4n) is 0.872. The van der Waals surface area contributed by atoms with Crippen LogP contribution >= 0.6 is 7.37 Å². The largest absolute Gasteiger partial charge is 0.329 e. The molecule has 0 aliphatic carbocycles. The van der Waals surface area contributed by atoms with E-state index in [4.69, 9.17) is 9.08 Å². The van der Waals surface area contributed by atoms with Gasteiger partial charge in [-0.25, -0.2) is 0 Å². The van der Waals surface area contributed by atoms with Crippen LogP contribution in [0, 0.1) is 0 Å². The van der Waals surface area contributed by atoms with E-state index in [1.165, 1.54) is 6.66 Å². The van der Waals surface area contributed by atoms with Gasteiger partial charge in [-0.15, -0.1) is 0 Å². The van der Waals surface area contributed by atoms with Gasteiger partial charge in [-0.05, 0) is 13.3 Å². The molecule has 0 heterocycles. The molecular weight excluding hydrogens is 215 g/mol. The van der Waals surface area contributed by atoms with Gasteiger partial charge in [-0.3, -0.25) is 9.12 Å². The van der Waals surface area contributed by atoms with Crippen LogP contribution in [0.15, 0.2) is 0 Å². The Morgan fingerprint density at radius 1 is 1.46 bits per heavy atom. The smallest absolute Gasteiger partial charge is 0.264 e. The molecule has 1 N–H and O–H groups in total. The fraction of sp³-hybridized carbons (Fsp3) is 1.00. The van der Waals surface area contributed by atoms with Crippen molar-refractivity contribution in [2.45, 2.75) is 13.3 Å². The predicted octanol–water partition coefficient (Wildman–Crippen LogP) is 1.21. The van der Waals surface area contributed by atoms with Crippen molar-refractivity contribution < 1.29 is 22.1 Å². The average molecular weight is 230 g/mol. The Hall–Kier alpha value is 0.100. The minimum absolute atomic E-state index is 0.159. The molecule has 0 saturated heterocycles. The Balaban J connectivity index is 3.83. The predicted molar refractivity (Wildman–Crippen MR) is 51.1 cm³/mol. The van der Waals surface area contributed by atoms with Crippen LogP contribution in [-0.2, 0) is 19.2 Å². The van der Waals surface area contributed by atoms with Crippen molar-refractivity contribution in [3.8, 4) is 0 Å². The van der Waals surface area contributed by atoms with Gasteiger partial charge in [-0.2, -0.15) is 8.42 Å².